The van der Waals surface area contributed by atoms with Crippen LogP contribution in [0, 0.1) is 6.92 Å². The summed E-state index contributed by atoms with van der Waals surface area (Å²) in [6.45, 7) is 1.83. The highest BCUT2D eigenvalue weighted by Crippen LogP contribution is 2.30. The summed E-state index contributed by atoms with van der Waals surface area (Å²) in [5.41, 5.74) is 11.7. The van der Waals surface area contributed by atoms with Gasteiger partial charge in [-0.05, 0) is 6.92 Å². The summed E-state index contributed by atoms with van der Waals surface area (Å²) >= 11 is 2.72. The van der Waals surface area contributed by atoms with Gasteiger partial charge in [-0.15, -0.1) is 11.8 Å². The summed E-state index contributed by atoms with van der Waals surface area (Å²) < 4.78 is 0.930. The average molecular weight is 233 g/mol. The van der Waals surface area contributed by atoms with E-state index in [1.165, 1.54) is 23.1 Å². The first kappa shape index (κ1) is 11.3. The van der Waals surface area contributed by atoms with Gasteiger partial charge in [-0.25, -0.2) is 4.98 Å². The first-order valence-electron chi connectivity index (χ1n) is 3.84. The van der Waals surface area contributed by atoms with Gasteiger partial charge in [0.25, 0.3) is 0 Å². The van der Waals surface area contributed by atoms with Crippen molar-refractivity contribution in [2.45, 2.75) is 17.2 Å². The van der Waals surface area contributed by atoms with Gasteiger partial charge in [-0.3, -0.25) is 4.79 Å². The maximum atomic E-state index is 10.4. The van der Waals surface area contributed by atoms with Crippen molar-refractivity contribution in [1.82, 2.24) is 4.98 Å². The largest absolute Gasteiger partial charge is 0.480 e. The van der Waals surface area contributed by atoms with Crippen molar-refractivity contribution < 1.29 is 9.90 Å². The molecule has 0 saturated carbocycles. The van der Waals surface area contributed by atoms with E-state index in [1.807, 2.05) is 6.92 Å². The van der Waals surface area contributed by atoms with Gasteiger partial charge in [-0.2, -0.15) is 0 Å². The van der Waals surface area contributed by atoms with Crippen LogP contribution < -0.4 is 11.5 Å². The van der Waals surface area contributed by atoms with Crippen LogP contribution in [0.25, 0.3) is 0 Å². The van der Waals surface area contributed by atoms with Gasteiger partial charge in [0, 0.05) is 5.75 Å². The zero-order chi connectivity index (χ0) is 10.7. The second-order valence-electron chi connectivity index (χ2n) is 2.68. The average Bonchev–Trinajstić information content (AvgIpc) is 2.40. The van der Waals surface area contributed by atoms with Gasteiger partial charge in [-0.1, -0.05) is 11.3 Å². The molecule has 0 spiro atoms. The third-order valence-corrected chi connectivity index (χ3v) is 3.95. The number of carboxylic acids is 1. The number of carbonyl (C=O) groups is 1. The molecule has 0 aliphatic carbocycles. The van der Waals surface area contributed by atoms with E-state index < -0.39 is 12.0 Å². The monoisotopic (exact) mass is 233 g/mol. The number of carboxylic acid groups (broad SMARTS) is 1. The Hall–Kier alpha value is -0.790. The molecule has 0 saturated heterocycles. The smallest absolute Gasteiger partial charge is 0.321 e. The van der Waals surface area contributed by atoms with Gasteiger partial charge >= 0.3 is 5.97 Å². The fourth-order valence-electron chi connectivity index (χ4n) is 0.773. The maximum Gasteiger partial charge on any atom is 0.321 e. The molecule has 7 heteroatoms. The molecule has 0 fully saturated rings. The Morgan fingerprint density at radius 2 is 2.43 bits per heavy atom. The van der Waals surface area contributed by atoms with Crippen LogP contribution in [0.5, 0.6) is 0 Å². The lowest BCUT2D eigenvalue weighted by atomic mass is 10.4. The Morgan fingerprint density at radius 1 is 1.79 bits per heavy atom. The van der Waals surface area contributed by atoms with E-state index in [0.717, 1.165) is 9.90 Å². The summed E-state index contributed by atoms with van der Waals surface area (Å²) in [7, 11) is 0. The molecule has 5 nitrogen and oxygen atoms in total. The van der Waals surface area contributed by atoms with Crippen molar-refractivity contribution in [2.24, 2.45) is 5.73 Å². The van der Waals surface area contributed by atoms with E-state index in [9.17, 15) is 4.79 Å². The number of aryl methyl sites for hydroxylation is 1. The third kappa shape index (κ3) is 2.86. The van der Waals surface area contributed by atoms with Gasteiger partial charge < -0.3 is 16.6 Å². The highest BCUT2D eigenvalue weighted by atomic mass is 32.2. The van der Waals surface area contributed by atoms with Crippen molar-refractivity contribution in [1.29, 1.82) is 0 Å². The summed E-state index contributed by atoms with van der Waals surface area (Å²) in [5, 5.41) is 9.05. The molecule has 0 bridgehead atoms. The van der Waals surface area contributed by atoms with E-state index >= 15 is 0 Å². The lowest BCUT2D eigenvalue weighted by molar-refractivity contribution is -0.137. The normalized spacial score (nSPS) is 12.7. The Bertz CT molecular complexity index is 340. The predicted molar refractivity (Wildman–Crippen MR) is 57.6 cm³/mol. The lowest BCUT2D eigenvalue weighted by Crippen LogP contribution is -2.32. The molecule has 1 aromatic rings. The molecule has 1 aromatic heterocycles. The number of aliphatic carboxylic acids is 1. The number of hydrogen-bond acceptors (Lipinski definition) is 6. The first-order valence-corrected chi connectivity index (χ1v) is 5.65. The number of anilines is 1. The number of rotatable bonds is 4. The number of thiazole rings is 1. The zero-order valence-corrected chi connectivity index (χ0v) is 9.19. The van der Waals surface area contributed by atoms with Gasteiger partial charge in [0.05, 0.1) is 9.90 Å². The number of nitrogens with zero attached hydrogens (tertiary/aromatic N) is 1. The van der Waals surface area contributed by atoms with E-state index in [-0.39, 0.29) is 0 Å². The SMILES string of the molecule is Cc1nc(N)sc1SCC(N)C(=O)O. The quantitative estimate of drug-likeness (QED) is 0.656. The van der Waals surface area contributed by atoms with Crippen LogP contribution in [-0.2, 0) is 4.79 Å². The topological polar surface area (TPSA) is 102 Å². The van der Waals surface area contributed by atoms with Crippen LogP contribution in [0.15, 0.2) is 4.21 Å². The molecular formula is C7H11N3O2S2. The van der Waals surface area contributed by atoms with Gasteiger partial charge in [0.15, 0.2) is 5.13 Å². The maximum absolute atomic E-state index is 10.4. The Labute approximate surface area is 89.5 Å². The molecule has 0 aliphatic heterocycles. The van der Waals surface area contributed by atoms with E-state index in [0.29, 0.717) is 10.9 Å². The second kappa shape index (κ2) is 4.63. The van der Waals surface area contributed by atoms with Crippen molar-refractivity contribution in [2.75, 3.05) is 11.5 Å². The zero-order valence-electron chi connectivity index (χ0n) is 7.56. The molecule has 1 rings (SSSR count). The van der Waals surface area contributed by atoms with Gasteiger partial charge in [0.2, 0.25) is 0 Å². The van der Waals surface area contributed by atoms with Crippen molar-refractivity contribution in [3.63, 3.8) is 0 Å². The standard InChI is InChI=1S/C7H11N3O2S2/c1-3-6(14-7(9)10-3)13-2-4(8)5(11)12/h4H,2,8H2,1H3,(H2,9,10)(H,11,12). The van der Waals surface area contributed by atoms with Crippen LogP contribution in [-0.4, -0.2) is 27.9 Å². The fraction of sp³-hybridized carbons (Fsp3) is 0.429. The second-order valence-corrected chi connectivity index (χ2v) is 5.00. The fourth-order valence-corrected chi connectivity index (χ4v) is 2.76. The minimum Gasteiger partial charge on any atom is -0.480 e. The summed E-state index contributed by atoms with van der Waals surface area (Å²) in [4.78, 5) is 14.5. The number of nitrogens with two attached hydrogens (primary N) is 2. The number of hydrogen-bond donors (Lipinski definition) is 3. The molecular weight excluding hydrogens is 222 g/mol. The molecule has 78 valence electrons. The molecule has 0 aliphatic rings. The highest BCUT2D eigenvalue weighted by Gasteiger charge is 2.13. The van der Waals surface area contributed by atoms with Crippen LogP contribution in [0.2, 0.25) is 0 Å². The Morgan fingerprint density at radius 3 is 2.86 bits per heavy atom. The molecule has 0 amide bonds. The predicted octanol–water partition coefficient (Wildman–Crippen LogP) is 0.538. The van der Waals surface area contributed by atoms with Crippen molar-refractivity contribution in [3.05, 3.63) is 5.69 Å². The van der Waals surface area contributed by atoms with E-state index in [4.69, 9.17) is 16.6 Å². The van der Waals surface area contributed by atoms with Crippen molar-refractivity contribution >= 4 is 34.2 Å². The van der Waals surface area contributed by atoms with E-state index in [2.05, 4.69) is 4.98 Å². The van der Waals surface area contributed by atoms with Crippen LogP contribution in [0.1, 0.15) is 5.69 Å². The minimum absolute atomic E-state index is 0.331. The summed E-state index contributed by atoms with van der Waals surface area (Å²) in [6, 6.07) is -0.845. The first-order chi connectivity index (χ1) is 6.50. The molecule has 5 N–H and O–H groups in total. The van der Waals surface area contributed by atoms with Gasteiger partial charge in [0.1, 0.15) is 6.04 Å². The molecule has 0 radical (unpaired) electrons. The summed E-state index contributed by atoms with van der Waals surface area (Å²) in [5.74, 6) is -0.662. The van der Waals surface area contributed by atoms with Crippen LogP contribution in [0.3, 0.4) is 0 Å². The molecule has 14 heavy (non-hydrogen) atoms. The molecule has 1 heterocycles. The highest BCUT2D eigenvalue weighted by molar-refractivity contribution is 8.01. The number of aromatic nitrogens is 1. The Balaban J connectivity index is 2.53. The number of nitrogen functional groups attached to an aromatic ring is 1. The molecule has 0 aromatic carbocycles. The molecule has 1 atom stereocenters. The van der Waals surface area contributed by atoms with Crippen LogP contribution in [0.4, 0.5) is 5.13 Å². The third-order valence-electron chi connectivity index (χ3n) is 1.48. The van der Waals surface area contributed by atoms with Crippen molar-refractivity contribution in [3.8, 4) is 0 Å². The Kier molecular flexibility index (Phi) is 3.73. The number of thioether (sulfide) groups is 1. The van der Waals surface area contributed by atoms with E-state index in [1.54, 1.807) is 0 Å². The minimum atomic E-state index is -0.993. The lowest BCUT2D eigenvalue weighted by Gasteiger charge is -2.03. The molecule has 1 unspecified atom stereocenters. The van der Waals surface area contributed by atoms with Crippen LogP contribution >= 0.6 is 23.1 Å². The summed E-state index contributed by atoms with van der Waals surface area (Å²) in [6.07, 6.45) is 0.